The van der Waals surface area contributed by atoms with Crippen molar-refractivity contribution in [2.75, 3.05) is 0 Å². The van der Waals surface area contributed by atoms with E-state index in [0.29, 0.717) is 5.56 Å². The number of benzene rings is 2. The number of carboxylic acid groups (broad SMARTS) is 1. The molecule has 0 bridgehead atoms. The maximum atomic E-state index is 11.8. The molecular weight excluding hydrogens is 334 g/mol. The molecule has 2 aromatic carbocycles. The Balaban J connectivity index is 2.14. The number of aliphatic hydroxyl groups is 1. The van der Waals surface area contributed by atoms with Crippen LogP contribution in [0.5, 0.6) is 0 Å². The number of amides is 1. The third-order valence-electron chi connectivity index (χ3n) is 3.60. The zero-order chi connectivity index (χ0) is 19.3. The Morgan fingerprint density at radius 2 is 1.54 bits per heavy atom. The first kappa shape index (κ1) is 19.5. The van der Waals surface area contributed by atoms with Gasteiger partial charge in [0.25, 0.3) is 0 Å². The predicted molar refractivity (Wildman–Crippen MR) is 95.0 cm³/mol. The van der Waals surface area contributed by atoms with Gasteiger partial charge in [0.15, 0.2) is 0 Å². The van der Waals surface area contributed by atoms with Crippen molar-refractivity contribution in [1.29, 1.82) is 0 Å². The van der Waals surface area contributed by atoms with Crippen molar-refractivity contribution in [3.63, 3.8) is 0 Å². The number of ether oxygens (including phenoxy) is 1. The first-order valence-electron chi connectivity index (χ1n) is 8.21. The fraction of sp³-hybridized carbons (Fsp3) is 0.300. The van der Waals surface area contributed by atoms with Crippen LogP contribution in [0.3, 0.4) is 0 Å². The topological polar surface area (TPSA) is 98.7 Å². The molecule has 6 nitrogen and oxygen atoms in total. The molecule has 2 rings (SSSR count). The van der Waals surface area contributed by atoms with Gasteiger partial charge in [0.05, 0.1) is 5.97 Å². The summed E-state index contributed by atoms with van der Waals surface area (Å²) in [5.74, 6) is -1.60. The van der Waals surface area contributed by atoms with E-state index in [1.807, 2.05) is 30.3 Å². The minimum absolute atomic E-state index is 0.343. The Bertz CT molecular complexity index is 750. The van der Waals surface area contributed by atoms with Gasteiger partial charge in [-0.25, -0.2) is 4.79 Å². The third-order valence-corrected chi connectivity index (χ3v) is 3.60. The van der Waals surface area contributed by atoms with Gasteiger partial charge in [-0.15, -0.1) is 0 Å². The van der Waals surface area contributed by atoms with E-state index in [1.54, 1.807) is 45.0 Å². The van der Waals surface area contributed by atoms with Gasteiger partial charge in [-0.05, 0) is 37.5 Å². The Labute approximate surface area is 152 Å². The number of hydrogen-bond acceptors (Lipinski definition) is 5. The van der Waals surface area contributed by atoms with Crippen molar-refractivity contribution < 1.29 is 24.5 Å². The lowest BCUT2D eigenvalue weighted by molar-refractivity contribution is -0.310. The highest BCUT2D eigenvalue weighted by Crippen LogP contribution is 2.23. The second-order valence-electron chi connectivity index (χ2n) is 6.88. The van der Waals surface area contributed by atoms with Crippen LogP contribution in [0.1, 0.15) is 32.4 Å². The van der Waals surface area contributed by atoms with Gasteiger partial charge in [0, 0.05) is 0 Å². The molecule has 0 aromatic heterocycles. The number of aliphatic carboxylic acids is 1. The van der Waals surface area contributed by atoms with Crippen LogP contribution in [0.2, 0.25) is 0 Å². The van der Waals surface area contributed by atoms with Crippen molar-refractivity contribution >= 4 is 12.1 Å². The largest absolute Gasteiger partial charge is 0.548 e. The standard InChI is InChI=1S/C20H23NO5/c1-20(2,3)26-19(25)21-16(18(23)24)17(22)15-11-9-14(10-12-15)13-7-5-4-6-8-13/h4-12,16-17,22H,1-3H3,(H,21,25)(H,23,24)/p-1/t16-,17+/m1/s1. The van der Waals surface area contributed by atoms with Crippen LogP contribution in [0.25, 0.3) is 11.1 Å². The van der Waals surface area contributed by atoms with Gasteiger partial charge in [0.2, 0.25) is 0 Å². The molecule has 138 valence electrons. The van der Waals surface area contributed by atoms with E-state index in [2.05, 4.69) is 5.32 Å². The molecule has 0 saturated carbocycles. The molecule has 2 atom stereocenters. The van der Waals surface area contributed by atoms with E-state index >= 15 is 0 Å². The van der Waals surface area contributed by atoms with E-state index in [-0.39, 0.29) is 0 Å². The van der Waals surface area contributed by atoms with Crippen LogP contribution >= 0.6 is 0 Å². The van der Waals surface area contributed by atoms with E-state index in [0.717, 1.165) is 11.1 Å². The summed E-state index contributed by atoms with van der Waals surface area (Å²) in [6, 6.07) is 14.8. The fourth-order valence-corrected chi connectivity index (χ4v) is 2.40. The molecule has 6 heteroatoms. The quantitative estimate of drug-likeness (QED) is 0.854. The number of carbonyl (C=O) groups excluding carboxylic acids is 2. The Morgan fingerprint density at radius 1 is 1.00 bits per heavy atom. The van der Waals surface area contributed by atoms with E-state index in [9.17, 15) is 19.8 Å². The fourth-order valence-electron chi connectivity index (χ4n) is 2.40. The lowest BCUT2D eigenvalue weighted by Gasteiger charge is -2.27. The summed E-state index contributed by atoms with van der Waals surface area (Å²) < 4.78 is 5.03. The second kappa shape index (κ2) is 8.01. The average Bonchev–Trinajstić information content (AvgIpc) is 2.58. The van der Waals surface area contributed by atoms with Gasteiger partial charge >= 0.3 is 6.09 Å². The molecule has 0 aliphatic rings. The van der Waals surface area contributed by atoms with Crippen LogP contribution in [0, 0.1) is 0 Å². The minimum Gasteiger partial charge on any atom is -0.548 e. The van der Waals surface area contributed by atoms with Crippen molar-refractivity contribution in [2.24, 2.45) is 0 Å². The summed E-state index contributed by atoms with van der Waals surface area (Å²) in [7, 11) is 0. The highest BCUT2D eigenvalue weighted by atomic mass is 16.6. The van der Waals surface area contributed by atoms with E-state index in [1.165, 1.54) is 0 Å². The Kier molecular flexibility index (Phi) is 6.00. The average molecular weight is 356 g/mol. The molecule has 0 radical (unpaired) electrons. The number of rotatable bonds is 5. The summed E-state index contributed by atoms with van der Waals surface area (Å²) in [6.45, 7) is 4.96. The molecule has 0 spiro atoms. The monoisotopic (exact) mass is 356 g/mol. The lowest BCUT2D eigenvalue weighted by Crippen LogP contribution is -2.52. The number of aliphatic hydroxyl groups excluding tert-OH is 1. The number of hydrogen-bond donors (Lipinski definition) is 2. The summed E-state index contributed by atoms with van der Waals surface area (Å²) in [5.41, 5.74) is 1.47. The smallest absolute Gasteiger partial charge is 0.408 e. The number of alkyl carbamates (subject to hydrolysis) is 1. The summed E-state index contributed by atoms with van der Waals surface area (Å²) in [5, 5.41) is 23.9. The number of nitrogens with one attached hydrogen (secondary N) is 1. The maximum absolute atomic E-state index is 11.8. The molecule has 2 aromatic rings. The minimum atomic E-state index is -1.63. The van der Waals surface area contributed by atoms with Gasteiger partial charge < -0.3 is 25.1 Å². The van der Waals surface area contributed by atoms with E-state index < -0.39 is 29.8 Å². The first-order valence-corrected chi connectivity index (χ1v) is 8.21. The molecule has 0 aliphatic carbocycles. The first-order chi connectivity index (χ1) is 12.2. The van der Waals surface area contributed by atoms with Crippen molar-refractivity contribution in [2.45, 2.75) is 38.5 Å². The molecule has 1 amide bonds. The molecule has 0 saturated heterocycles. The van der Waals surface area contributed by atoms with Crippen molar-refractivity contribution in [3.8, 4) is 11.1 Å². The number of carbonyl (C=O) groups is 2. The van der Waals surface area contributed by atoms with Gasteiger partial charge in [0.1, 0.15) is 17.7 Å². The summed E-state index contributed by atoms with van der Waals surface area (Å²) in [4.78, 5) is 23.2. The molecule has 0 fully saturated rings. The van der Waals surface area contributed by atoms with E-state index in [4.69, 9.17) is 4.74 Å². The van der Waals surface area contributed by atoms with Gasteiger partial charge in [-0.3, -0.25) is 0 Å². The van der Waals surface area contributed by atoms with Gasteiger partial charge in [-0.1, -0.05) is 54.6 Å². The van der Waals surface area contributed by atoms with Crippen molar-refractivity contribution in [3.05, 3.63) is 60.2 Å². The zero-order valence-electron chi connectivity index (χ0n) is 14.9. The number of carboxylic acids is 1. The van der Waals surface area contributed by atoms with Crippen LogP contribution in [-0.2, 0) is 9.53 Å². The lowest BCUT2D eigenvalue weighted by atomic mass is 9.98. The highest BCUT2D eigenvalue weighted by molar-refractivity contribution is 5.79. The van der Waals surface area contributed by atoms with Crippen molar-refractivity contribution in [1.82, 2.24) is 5.32 Å². The van der Waals surface area contributed by atoms with Crippen LogP contribution in [0.4, 0.5) is 4.79 Å². The maximum Gasteiger partial charge on any atom is 0.408 e. The Hall–Kier alpha value is -2.86. The second-order valence-corrected chi connectivity index (χ2v) is 6.88. The normalized spacial score (nSPS) is 13.5. The summed E-state index contributed by atoms with van der Waals surface area (Å²) in [6.07, 6.45) is -2.41. The Morgan fingerprint density at radius 3 is 2.04 bits per heavy atom. The highest BCUT2D eigenvalue weighted by Gasteiger charge is 2.26. The van der Waals surface area contributed by atoms with Crippen LogP contribution in [0.15, 0.2) is 54.6 Å². The molecular formula is C20H22NO5-. The third kappa shape index (κ3) is 5.32. The molecule has 0 unspecified atom stereocenters. The molecule has 26 heavy (non-hydrogen) atoms. The molecule has 0 aliphatic heterocycles. The molecule has 2 N–H and O–H groups in total. The van der Waals surface area contributed by atoms with Gasteiger partial charge in [-0.2, -0.15) is 0 Å². The van der Waals surface area contributed by atoms with Crippen LogP contribution in [-0.4, -0.2) is 28.8 Å². The molecule has 0 heterocycles. The SMILES string of the molecule is CC(C)(C)OC(=O)N[C@@H](C(=O)[O-])[C@@H](O)c1ccc(-c2ccccc2)cc1. The summed E-state index contributed by atoms with van der Waals surface area (Å²) >= 11 is 0. The van der Waals surface area contributed by atoms with Crippen LogP contribution < -0.4 is 10.4 Å². The predicted octanol–water partition coefficient (Wildman–Crippen LogP) is 2.03. The zero-order valence-corrected chi connectivity index (χ0v) is 14.9.